The first-order valence-electron chi connectivity index (χ1n) is 6.07. The number of hydrogen-bond donors (Lipinski definition) is 2. The van der Waals surface area contributed by atoms with Gasteiger partial charge in [0.25, 0.3) is 0 Å². The molecule has 0 aliphatic heterocycles. The minimum atomic E-state index is 0.148. The molecule has 1 aromatic heterocycles. The first-order valence-corrected chi connectivity index (χ1v) is 6.07. The van der Waals surface area contributed by atoms with Gasteiger partial charge in [0.05, 0.1) is 5.52 Å². The summed E-state index contributed by atoms with van der Waals surface area (Å²) in [6.07, 6.45) is 3.01. The van der Waals surface area contributed by atoms with Crippen LogP contribution in [0.1, 0.15) is 32.4 Å². The van der Waals surface area contributed by atoms with E-state index < -0.39 is 0 Å². The normalized spacial score (nSPS) is 13.5. The van der Waals surface area contributed by atoms with Crippen LogP contribution in [0.5, 0.6) is 5.75 Å². The van der Waals surface area contributed by atoms with Gasteiger partial charge in [-0.3, -0.25) is 0 Å². The van der Waals surface area contributed by atoms with Gasteiger partial charge in [0, 0.05) is 29.7 Å². The molecule has 3 N–H and O–H groups in total. The fourth-order valence-electron chi connectivity index (χ4n) is 2.25. The van der Waals surface area contributed by atoms with Crippen LogP contribution < -0.4 is 5.73 Å². The highest BCUT2D eigenvalue weighted by molar-refractivity contribution is 5.85. The van der Waals surface area contributed by atoms with Crippen molar-refractivity contribution in [3.8, 4) is 5.75 Å². The van der Waals surface area contributed by atoms with E-state index >= 15 is 0 Å². The van der Waals surface area contributed by atoms with E-state index in [1.54, 1.807) is 6.07 Å². The summed E-state index contributed by atoms with van der Waals surface area (Å²) in [6.45, 7) is 6.29. The fourth-order valence-corrected chi connectivity index (χ4v) is 2.25. The van der Waals surface area contributed by atoms with Crippen LogP contribution in [-0.2, 0) is 6.42 Å². The number of aromatic nitrogens is 1. The molecule has 0 saturated carbocycles. The van der Waals surface area contributed by atoms with Crippen molar-refractivity contribution in [2.45, 2.75) is 39.3 Å². The van der Waals surface area contributed by atoms with E-state index in [4.69, 9.17) is 5.73 Å². The maximum absolute atomic E-state index is 9.59. The Morgan fingerprint density at radius 3 is 2.59 bits per heavy atom. The van der Waals surface area contributed by atoms with E-state index in [-0.39, 0.29) is 6.04 Å². The van der Waals surface area contributed by atoms with E-state index in [0.717, 1.165) is 11.9 Å². The molecule has 0 aliphatic carbocycles. The number of aromatic hydroxyl groups is 1. The predicted molar refractivity (Wildman–Crippen MR) is 71.3 cm³/mol. The second-order valence-electron chi connectivity index (χ2n) is 5.04. The van der Waals surface area contributed by atoms with Crippen LogP contribution in [0, 0.1) is 0 Å². The van der Waals surface area contributed by atoms with Gasteiger partial charge in [0.1, 0.15) is 5.75 Å². The first-order chi connectivity index (χ1) is 7.99. The van der Waals surface area contributed by atoms with Crippen LogP contribution in [0.4, 0.5) is 0 Å². The lowest BCUT2D eigenvalue weighted by molar-refractivity contribution is 0.475. The Balaban J connectivity index is 2.62. The van der Waals surface area contributed by atoms with Crippen molar-refractivity contribution in [3.05, 3.63) is 30.0 Å². The summed E-state index contributed by atoms with van der Waals surface area (Å²) >= 11 is 0. The van der Waals surface area contributed by atoms with E-state index in [1.807, 2.05) is 19.1 Å². The molecule has 92 valence electrons. The molecule has 0 bridgehead atoms. The van der Waals surface area contributed by atoms with Gasteiger partial charge >= 0.3 is 0 Å². The lowest BCUT2D eigenvalue weighted by Gasteiger charge is -2.08. The molecule has 3 heteroatoms. The topological polar surface area (TPSA) is 51.2 Å². The molecule has 0 aliphatic rings. The van der Waals surface area contributed by atoms with E-state index in [2.05, 4.69) is 24.6 Å². The van der Waals surface area contributed by atoms with Crippen molar-refractivity contribution in [1.82, 2.24) is 4.57 Å². The number of rotatable bonds is 3. The van der Waals surface area contributed by atoms with Gasteiger partial charge in [0.2, 0.25) is 0 Å². The molecular formula is C14H20N2O. The van der Waals surface area contributed by atoms with E-state index in [0.29, 0.717) is 11.8 Å². The Labute approximate surface area is 102 Å². The summed E-state index contributed by atoms with van der Waals surface area (Å²) in [6, 6.07) is 6.05. The molecular weight excluding hydrogens is 212 g/mol. The average molecular weight is 232 g/mol. The van der Waals surface area contributed by atoms with Crippen molar-refractivity contribution >= 4 is 10.9 Å². The van der Waals surface area contributed by atoms with Gasteiger partial charge in [0.15, 0.2) is 0 Å². The van der Waals surface area contributed by atoms with Crippen LogP contribution in [-0.4, -0.2) is 15.7 Å². The van der Waals surface area contributed by atoms with Crippen molar-refractivity contribution in [2.24, 2.45) is 5.73 Å². The molecule has 3 nitrogen and oxygen atoms in total. The van der Waals surface area contributed by atoms with Crippen LogP contribution in [0.2, 0.25) is 0 Å². The fraction of sp³-hybridized carbons (Fsp3) is 0.429. The van der Waals surface area contributed by atoms with Crippen molar-refractivity contribution < 1.29 is 5.11 Å². The average Bonchev–Trinajstić information content (AvgIpc) is 2.55. The number of fused-ring (bicyclic) bond motifs is 1. The SMILES string of the molecule is CC(N)Cc1cn(C(C)C)c2cc(O)ccc12. The molecule has 1 unspecified atom stereocenters. The maximum atomic E-state index is 9.59. The second-order valence-corrected chi connectivity index (χ2v) is 5.04. The third-order valence-corrected chi connectivity index (χ3v) is 3.00. The van der Waals surface area contributed by atoms with Crippen molar-refractivity contribution in [1.29, 1.82) is 0 Å². The number of phenols is 1. The number of nitrogens with zero attached hydrogens (tertiary/aromatic N) is 1. The highest BCUT2D eigenvalue weighted by Crippen LogP contribution is 2.28. The minimum absolute atomic E-state index is 0.148. The molecule has 0 amide bonds. The molecule has 0 spiro atoms. The number of nitrogens with two attached hydrogens (primary N) is 1. The lowest BCUT2D eigenvalue weighted by atomic mass is 10.1. The van der Waals surface area contributed by atoms with Gasteiger partial charge in [-0.2, -0.15) is 0 Å². The zero-order valence-electron chi connectivity index (χ0n) is 10.6. The first kappa shape index (κ1) is 12.0. The number of hydrogen-bond acceptors (Lipinski definition) is 2. The molecule has 2 rings (SSSR count). The molecule has 17 heavy (non-hydrogen) atoms. The third kappa shape index (κ3) is 2.29. The van der Waals surface area contributed by atoms with Gasteiger partial charge in [-0.15, -0.1) is 0 Å². The summed E-state index contributed by atoms with van der Waals surface area (Å²) in [5.41, 5.74) is 8.20. The highest BCUT2D eigenvalue weighted by atomic mass is 16.3. The Morgan fingerprint density at radius 2 is 2.00 bits per heavy atom. The molecule has 2 aromatic rings. The number of benzene rings is 1. The predicted octanol–water partition coefficient (Wildman–Crippen LogP) is 2.82. The van der Waals surface area contributed by atoms with Crippen LogP contribution in [0.3, 0.4) is 0 Å². The maximum Gasteiger partial charge on any atom is 0.117 e. The van der Waals surface area contributed by atoms with Crippen LogP contribution >= 0.6 is 0 Å². The molecule has 0 fully saturated rings. The van der Waals surface area contributed by atoms with Crippen molar-refractivity contribution in [3.63, 3.8) is 0 Å². The standard InChI is InChI=1S/C14H20N2O/c1-9(2)16-8-11(6-10(3)15)13-5-4-12(17)7-14(13)16/h4-5,7-10,17H,6,15H2,1-3H3. The van der Waals surface area contributed by atoms with Crippen molar-refractivity contribution in [2.75, 3.05) is 0 Å². The monoisotopic (exact) mass is 232 g/mol. The Morgan fingerprint density at radius 1 is 1.29 bits per heavy atom. The molecule has 1 atom stereocenters. The van der Waals surface area contributed by atoms with Crippen LogP contribution in [0.15, 0.2) is 24.4 Å². The zero-order valence-corrected chi connectivity index (χ0v) is 10.6. The minimum Gasteiger partial charge on any atom is -0.508 e. The van der Waals surface area contributed by atoms with Gasteiger partial charge < -0.3 is 15.4 Å². The Kier molecular flexibility index (Phi) is 3.11. The quantitative estimate of drug-likeness (QED) is 0.855. The third-order valence-electron chi connectivity index (χ3n) is 3.00. The highest BCUT2D eigenvalue weighted by Gasteiger charge is 2.12. The van der Waals surface area contributed by atoms with Crippen LogP contribution in [0.25, 0.3) is 10.9 Å². The molecule has 0 saturated heterocycles. The summed E-state index contributed by atoms with van der Waals surface area (Å²) < 4.78 is 2.19. The zero-order chi connectivity index (χ0) is 12.6. The molecule has 1 heterocycles. The summed E-state index contributed by atoms with van der Waals surface area (Å²) in [7, 11) is 0. The Bertz CT molecular complexity index is 526. The lowest BCUT2D eigenvalue weighted by Crippen LogP contribution is -2.17. The summed E-state index contributed by atoms with van der Waals surface area (Å²) in [5, 5.41) is 10.8. The summed E-state index contributed by atoms with van der Waals surface area (Å²) in [5.74, 6) is 0.310. The smallest absolute Gasteiger partial charge is 0.117 e. The molecule has 1 aromatic carbocycles. The van der Waals surface area contributed by atoms with E-state index in [1.165, 1.54) is 10.9 Å². The van der Waals surface area contributed by atoms with Gasteiger partial charge in [-0.1, -0.05) is 0 Å². The largest absolute Gasteiger partial charge is 0.508 e. The molecule has 0 radical (unpaired) electrons. The van der Waals surface area contributed by atoms with Gasteiger partial charge in [-0.25, -0.2) is 0 Å². The van der Waals surface area contributed by atoms with Gasteiger partial charge in [-0.05, 0) is 44.9 Å². The second kappa shape index (κ2) is 4.41. The number of phenolic OH excluding ortho intramolecular Hbond substituents is 1. The summed E-state index contributed by atoms with van der Waals surface area (Å²) in [4.78, 5) is 0. The van der Waals surface area contributed by atoms with E-state index in [9.17, 15) is 5.11 Å². The Hall–Kier alpha value is -1.48.